The maximum atomic E-state index is 13.2. The standard InChI is InChI=1S/C31H48FNOS/c1-5-21-19-26-27-13-8-22(7-6-18-33(4)35-25-11-9-23(32)10-12-25)30(27,2)17-15-28(26)31(3)16-14-24(34)20-29(21)31/h9-12,21-22,24,26-29,34H,5-8,13-20H2,1-4H3/t21-,22-,24+,26?,27?,28-,29?,30?,31?/m0/s1. The van der Waals surface area contributed by atoms with Crippen molar-refractivity contribution >= 4 is 11.9 Å². The third kappa shape index (κ3) is 4.86. The highest BCUT2D eigenvalue weighted by molar-refractivity contribution is 7.97. The van der Waals surface area contributed by atoms with E-state index in [1.807, 2.05) is 12.1 Å². The zero-order valence-electron chi connectivity index (χ0n) is 22.5. The highest BCUT2D eigenvalue weighted by Crippen LogP contribution is 2.69. The van der Waals surface area contributed by atoms with Crippen molar-refractivity contribution in [3.05, 3.63) is 30.1 Å². The van der Waals surface area contributed by atoms with E-state index < -0.39 is 0 Å². The Morgan fingerprint density at radius 3 is 2.43 bits per heavy atom. The Hall–Kier alpha value is -0.580. The quantitative estimate of drug-likeness (QED) is 0.381. The molecule has 1 N–H and O–H groups in total. The molecule has 0 spiro atoms. The summed E-state index contributed by atoms with van der Waals surface area (Å²) in [5.41, 5.74) is 0.988. The fraction of sp³-hybridized carbons (Fsp3) is 0.806. The van der Waals surface area contributed by atoms with Gasteiger partial charge in [0.2, 0.25) is 0 Å². The average molecular weight is 502 g/mol. The van der Waals surface area contributed by atoms with Gasteiger partial charge in [0.15, 0.2) is 0 Å². The van der Waals surface area contributed by atoms with E-state index in [1.54, 1.807) is 24.1 Å². The molecule has 2 nitrogen and oxygen atoms in total. The van der Waals surface area contributed by atoms with Crippen LogP contribution in [-0.2, 0) is 0 Å². The molecule has 0 amide bonds. The highest BCUT2D eigenvalue weighted by atomic mass is 32.2. The predicted molar refractivity (Wildman–Crippen MR) is 145 cm³/mol. The van der Waals surface area contributed by atoms with E-state index in [0.717, 1.165) is 59.8 Å². The zero-order valence-corrected chi connectivity index (χ0v) is 23.3. The first kappa shape index (κ1) is 26.0. The fourth-order valence-electron chi connectivity index (χ4n) is 9.80. The molecule has 35 heavy (non-hydrogen) atoms. The summed E-state index contributed by atoms with van der Waals surface area (Å²) in [6.07, 6.45) is 14.3. The van der Waals surface area contributed by atoms with Crippen molar-refractivity contribution in [2.75, 3.05) is 13.6 Å². The summed E-state index contributed by atoms with van der Waals surface area (Å²) in [5.74, 6) is 4.98. The Balaban J connectivity index is 1.21. The van der Waals surface area contributed by atoms with Gasteiger partial charge in [-0.1, -0.05) is 27.2 Å². The van der Waals surface area contributed by atoms with Crippen molar-refractivity contribution in [3.8, 4) is 0 Å². The van der Waals surface area contributed by atoms with Crippen LogP contribution < -0.4 is 0 Å². The smallest absolute Gasteiger partial charge is 0.123 e. The third-order valence-electron chi connectivity index (χ3n) is 11.6. The van der Waals surface area contributed by atoms with Gasteiger partial charge in [0.05, 0.1) is 6.10 Å². The normalized spacial score (nSPS) is 43.0. The maximum absolute atomic E-state index is 13.2. The minimum atomic E-state index is -0.162. The van der Waals surface area contributed by atoms with Gasteiger partial charge in [0, 0.05) is 11.4 Å². The van der Waals surface area contributed by atoms with Gasteiger partial charge in [-0.2, -0.15) is 0 Å². The van der Waals surface area contributed by atoms with Crippen LogP contribution in [0, 0.1) is 52.2 Å². The molecule has 1 aromatic rings. The van der Waals surface area contributed by atoms with Gasteiger partial charge in [-0.25, -0.2) is 8.70 Å². The number of fused-ring (bicyclic) bond motifs is 5. The molecule has 1 aromatic carbocycles. The van der Waals surface area contributed by atoms with E-state index in [2.05, 4.69) is 32.1 Å². The van der Waals surface area contributed by atoms with E-state index in [1.165, 1.54) is 57.8 Å². The first-order valence-corrected chi connectivity index (χ1v) is 15.3. The van der Waals surface area contributed by atoms with Gasteiger partial charge in [-0.05, 0) is 154 Å². The molecule has 0 radical (unpaired) electrons. The molecule has 4 heteroatoms. The molecule has 0 bridgehead atoms. The minimum absolute atomic E-state index is 0.0530. The van der Waals surface area contributed by atoms with Gasteiger partial charge in [0.1, 0.15) is 5.82 Å². The van der Waals surface area contributed by atoms with Gasteiger partial charge < -0.3 is 5.11 Å². The van der Waals surface area contributed by atoms with E-state index in [9.17, 15) is 9.50 Å². The second-order valence-electron chi connectivity index (χ2n) is 13.2. The van der Waals surface area contributed by atoms with Crippen molar-refractivity contribution in [2.24, 2.45) is 46.3 Å². The lowest BCUT2D eigenvalue weighted by molar-refractivity contribution is -0.150. The molecular formula is C31H48FNOS. The lowest BCUT2D eigenvalue weighted by Gasteiger charge is -2.63. The predicted octanol–water partition coefficient (Wildman–Crippen LogP) is 8.20. The first-order valence-electron chi connectivity index (χ1n) is 14.6. The molecular weight excluding hydrogens is 453 g/mol. The Labute approximate surface area is 218 Å². The molecule has 0 heterocycles. The number of nitrogens with zero attached hydrogens (tertiary/aromatic N) is 1. The molecule has 4 saturated carbocycles. The van der Waals surface area contributed by atoms with E-state index in [0.29, 0.717) is 10.8 Å². The van der Waals surface area contributed by atoms with Crippen LogP contribution in [0.15, 0.2) is 29.2 Å². The summed E-state index contributed by atoms with van der Waals surface area (Å²) >= 11 is 1.73. The number of aliphatic hydroxyl groups excluding tert-OH is 1. The summed E-state index contributed by atoms with van der Waals surface area (Å²) in [5, 5.41) is 10.5. The Morgan fingerprint density at radius 1 is 0.971 bits per heavy atom. The summed E-state index contributed by atoms with van der Waals surface area (Å²) < 4.78 is 15.5. The number of hydrogen-bond acceptors (Lipinski definition) is 3. The summed E-state index contributed by atoms with van der Waals surface area (Å²) in [6, 6.07) is 6.86. The molecule has 5 unspecified atom stereocenters. The zero-order chi connectivity index (χ0) is 24.8. The van der Waals surface area contributed by atoms with Crippen LogP contribution >= 0.6 is 11.9 Å². The molecule has 4 fully saturated rings. The average Bonchev–Trinajstić information content (AvgIpc) is 3.17. The van der Waals surface area contributed by atoms with Crippen molar-refractivity contribution in [1.29, 1.82) is 0 Å². The highest BCUT2D eigenvalue weighted by Gasteiger charge is 2.61. The SMILES string of the molecule is CC[C@H]1CC2C3CC[C@H](CCCN(C)Sc4ccc(F)cc4)C3(C)CC[C@@H]2C2(C)CC[C@@H](O)CC12. The van der Waals surface area contributed by atoms with E-state index in [-0.39, 0.29) is 11.9 Å². The lowest BCUT2D eigenvalue weighted by atomic mass is 9.42. The number of hydrogen-bond donors (Lipinski definition) is 1. The van der Waals surface area contributed by atoms with Crippen LogP contribution in [-0.4, -0.2) is 29.1 Å². The number of rotatable bonds is 7. The van der Waals surface area contributed by atoms with Gasteiger partial charge >= 0.3 is 0 Å². The second kappa shape index (κ2) is 10.3. The summed E-state index contributed by atoms with van der Waals surface area (Å²) in [4.78, 5) is 1.12. The number of benzene rings is 1. The Bertz CT molecular complexity index is 862. The largest absolute Gasteiger partial charge is 0.393 e. The van der Waals surface area contributed by atoms with Crippen LogP contribution in [0.5, 0.6) is 0 Å². The first-order chi connectivity index (χ1) is 16.7. The Morgan fingerprint density at radius 2 is 1.69 bits per heavy atom. The molecule has 0 saturated heterocycles. The van der Waals surface area contributed by atoms with Gasteiger partial charge in [-0.3, -0.25) is 0 Å². The number of aliphatic hydroxyl groups is 1. The minimum Gasteiger partial charge on any atom is -0.393 e. The molecule has 196 valence electrons. The molecule has 4 aliphatic carbocycles. The lowest BCUT2D eigenvalue weighted by Crippen LogP contribution is -2.56. The Kier molecular flexibility index (Phi) is 7.66. The molecule has 5 rings (SSSR count). The van der Waals surface area contributed by atoms with Gasteiger partial charge in [-0.15, -0.1) is 0 Å². The number of halogens is 1. The monoisotopic (exact) mass is 501 g/mol. The summed E-state index contributed by atoms with van der Waals surface area (Å²) in [7, 11) is 2.17. The van der Waals surface area contributed by atoms with Crippen LogP contribution in [0.25, 0.3) is 0 Å². The van der Waals surface area contributed by atoms with Crippen LogP contribution in [0.2, 0.25) is 0 Å². The maximum Gasteiger partial charge on any atom is 0.123 e. The van der Waals surface area contributed by atoms with Crippen molar-refractivity contribution < 1.29 is 9.50 Å². The molecule has 0 aliphatic heterocycles. The van der Waals surface area contributed by atoms with Gasteiger partial charge in [0.25, 0.3) is 0 Å². The van der Waals surface area contributed by atoms with Crippen molar-refractivity contribution in [1.82, 2.24) is 4.31 Å². The fourth-order valence-corrected chi connectivity index (χ4v) is 10.6. The third-order valence-corrected chi connectivity index (χ3v) is 12.6. The van der Waals surface area contributed by atoms with Crippen molar-refractivity contribution in [2.45, 2.75) is 102 Å². The summed E-state index contributed by atoms with van der Waals surface area (Å²) in [6.45, 7) is 8.80. The van der Waals surface area contributed by atoms with E-state index in [4.69, 9.17) is 0 Å². The molecule has 0 aromatic heterocycles. The van der Waals surface area contributed by atoms with Crippen LogP contribution in [0.1, 0.15) is 91.4 Å². The van der Waals surface area contributed by atoms with Crippen LogP contribution in [0.3, 0.4) is 0 Å². The second-order valence-corrected chi connectivity index (χ2v) is 14.5. The topological polar surface area (TPSA) is 23.5 Å². The molecule has 4 aliphatic rings. The van der Waals surface area contributed by atoms with Crippen molar-refractivity contribution in [3.63, 3.8) is 0 Å². The van der Waals surface area contributed by atoms with E-state index >= 15 is 0 Å². The van der Waals surface area contributed by atoms with Crippen LogP contribution in [0.4, 0.5) is 4.39 Å². The molecule has 9 atom stereocenters.